The summed E-state index contributed by atoms with van der Waals surface area (Å²) in [4.78, 5) is 73.2. The van der Waals surface area contributed by atoms with Crippen LogP contribution in [-0.4, -0.2) is 162 Å². The highest BCUT2D eigenvalue weighted by Gasteiger charge is 2.62. The molecule has 3 aliphatic rings. The number of aromatic carboxylic acids is 1. The standard InChI is InChI=1S/C17H26ClNO4S.C17H26ClNO2S.C16H27N3O2S.C15H13ClF3N3O3.C11H22O2S.C10H21N.C6H5ClIN.C6H7ClN2O2S.C6H6ClN/c1-4-6-7-14(5-2)12-23-16(20)10-11-24(21,22)15-9-8-13(3)17(18)19-15;1-4-6-7-14(5-2)12-21-16(20)10-11-22-15-9-8-13(3)17(18)19-15;1-12-6-7-14(22(17,20)21)19-15(12)18-10-4-5-13-8-9-16(2,3)11-13;16-12-9(13(23)24)1-2-10(20-12)22-7-3-11(21-22)25-8-6-14(4-5-14)15(17,18)19;1-3-5-6-10(4-2)9-13-11(12)7-8-14;1-10(2)6-5-9(8-10)4-3-7-11;1-4-2-3-5(8)9-6(4)7;1-4-2-3-5(9-6(4)7)12(8,10)11;1-5-3-2-4-8-6(5)7/h8-9,14H,4-7,10-12H2,1-3H3;8-9,14H,4-7,10-12H2,1-3H3;6-7,13H,4-5,8-11H2,1-3H3,(H,18,19)(H2,17,20,21);1-3,7H,4-6,8H2,(H,23,24);10,14H,3-9H2,1-2H3;9H,3-8,11H2,1-2H3;2-3H,1H3;2-3H,1H3,(H2,8,10,11);2-4H,1H3. The molecule has 3 aliphatic carbocycles. The van der Waals surface area contributed by atoms with Crippen molar-refractivity contribution in [3.8, 4) is 11.7 Å². The van der Waals surface area contributed by atoms with E-state index in [-0.39, 0.29) is 97.8 Å². The van der Waals surface area contributed by atoms with Crippen molar-refractivity contribution in [3.05, 3.63) is 177 Å². The highest BCUT2D eigenvalue weighted by Crippen LogP contribution is 2.60. The van der Waals surface area contributed by atoms with Crippen LogP contribution in [0.1, 0.15) is 293 Å². The Morgan fingerprint density at radius 1 is 0.558 bits per heavy atom. The number of aryl methyl sites for hydroxylation is 6. The van der Waals surface area contributed by atoms with Crippen LogP contribution < -0.4 is 26.1 Å². The summed E-state index contributed by atoms with van der Waals surface area (Å²) in [5, 5.41) is 28.4. The van der Waals surface area contributed by atoms with Crippen LogP contribution in [0.4, 0.5) is 19.0 Å². The van der Waals surface area contributed by atoms with E-state index in [1.165, 1.54) is 149 Å². The summed E-state index contributed by atoms with van der Waals surface area (Å²) in [6.45, 7) is 36.5. The number of carbonyl (C=O) groups excluding carboxylic acids is 3. The first-order valence-corrected chi connectivity index (χ1v) is 59.6. The molecule has 3 saturated carbocycles. The van der Waals surface area contributed by atoms with Gasteiger partial charge in [0.2, 0.25) is 5.88 Å². The molecule has 5 atom stereocenters. The molecule has 5 unspecified atom stereocenters. The quantitative estimate of drug-likeness (QED) is 0.00393. The summed E-state index contributed by atoms with van der Waals surface area (Å²) in [6, 6.07) is 24.8. The first-order valence-electron chi connectivity index (χ1n) is 49.9. The minimum Gasteiger partial charge on any atom is -0.478 e. The number of unbranched alkanes of at least 4 members (excludes halogenated alkanes) is 3. The van der Waals surface area contributed by atoms with Crippen LogP contribution in [0, 0.1) is 91.1 Å². The number of ether oxygens (including phenoxy) is 4. The maximum atomic E-state index is 12.8. The molecule has 0 aromatic carbocycles. The lowest BCUT2D eigenvalue weighted by molar-refractivity contribution is -0.190. The van der Waals surface area contributed by atoms with E-state index in [0.717, 1.165) is 107 Å². The van der Waals surface area contributed by atoms with E-state index in [0.29, 0.717) is 105 Å². The van der Waals surface area contributed by atoms with E-state index >= 15 is 0 Å². The van der Waals surface area contributed by atoms with Crippen molar-refractivity contribution in [2.24, 2.45) is 61.8 Å². The van der Waals surface area contributed by atoms with Crippen LogP contribution in [-0.2, 0) is 58.5 Å². The smallest absolute Gasteiger partial charge is 0.394 e. The minimum atomic E-state index is -4.21. The minimum absolute atomic E-state index is 0.0851. The monoisotopic (exact) mass is 2380 g/mol. The summed E-state index contributed by atoms with van der Waals surface area (Å²) in [6.07, 6.45) is 26.3. The molecule has 11 rings (SSSR count). The largest absolute Gasteiger partial charge is 0.478 e. The third-order valence-electron chi connectivity index (χ3n) is 24.7. The average molecular weight is 2380 g/mol. The van der Waals surface area contributed by atoms with Gasteiger partial charge in [-0.1, -0.05) is 233 Å². The number of halogens is 10. The predicted molar refractivity (Wildman–Crippen MR) is 597 cm³/mol. The Hall–Kier alpha value is -6.57. The molecule has 43 heteroatoms. The molecule has 8 heterocycles. The third-order valence-corrected chi connectivity index (χ3v) is 31.9. The van der Waals surface area contributed by atoms with Gasteiger partial charge in [0, 0.05) is 36.5 Å². The van der Waals surface area contributed by atoms with Crippen LogP contribution in [0.25, 0.3) is 5.82 Å². The van der Waals surface area contributed by atoms with E-state index < -0.39 is 53.4 Å². The molecular formula is C104H153Cl6F3IN13O15S5. The number of thiol groups is 1. The van der Waals surface area contributed by atoms with Gasteiger partial charge >= 0.3 is 30.1 Å². The molecule has 0 saturated heterocycles. The van der Waals surface area contributed by atoms with Gasteiger partial charge in [-0.2, -0.15) is 25.8 Å². The molecule has 28 nitrogen and oxygen atoms in total. The van der Waals surface area contributed by atoms with E-state index in [9.17, 15) is 57.6 Å². The van der Waals surface area contributed by atoms with Crippen LogP contribution in [0.3, 0.4) is 0 Å². The van der Waals surface area contributed by atoms with Gasteiger partial charge in [-0.25, -0.2) is 79.9 Å². The highest BCUT2D eigenvalue weighted by atomic mass is 127. The number of nitrogens with one attached hydrogen (secondary N) is 1. The topological polar surface area (TPSA) is 426 Å². The fourth-order valence-corrected chi connectivity index (χ4v) is 19.7. The Labute approximate surface area is 924 Å². The lowest BCUT2D eigenvalue weighted by atomic mass is 9.89. The van der Waals surface area contributed by atoms with E-state index in [4.69, 9.17) is 110 Å². The lowest BCUT2D eigenvalue weighted by Gasteiger charge is -2.18. The molecule has 0 amide bonds. The number of nitrogens with two attached hydrogens (primary N) is 3. The number of sulfonamides is 2. The zero-order valence-electron chi connectivity index (χ0n) is 87.6. The highest BCUT2D eigenvalue weighted by molar-refractivity contribution is 14.1. The van der Waals surface area contributed by atoms with E-state index in [2.05, 4.69) is 150 Å². The number of esters is 3. The zero-order valence-corrected chi connectivity index (χ0v) is 98.5. The molecule has 824 valence electrons. The molecule has 0 aliphatic heterocycles. The summed E-state index contributed by atoms with van der Waals surface area (Å²) in [7, 11) is -11.1. The van der Waals surface area contributed by atoms with Gasteiger partial charge in [-0.05, 0) is 296 Å². The van der Waals surface area contributed by atoms with Crippen molar-refractivity contribution in [3.63, 3.8) is 0 Å². The van der Waals surface area contributed by atoms with Crippen molar-refractivity contribution >= 4 is 176 Å². The Bertz CT molecular complexity index is 5670. The number of pyridine rings is 7. The summed E-state index contributed by atoms with van der Waals surface area (Å²) >= 11 is 42.2. The summed E-state index contributed by atoms with van der Waals surface area (Å²) in [5.41, 5.74) is 10.2. The van der Waals surface area contributed by atoms with Gasteiger partial charge in [-0.3, -0.25) is 14.4 Å². The maximum Gasteiger partial charge on any atom is 0.394 e. The molecule has 8 aromatic rings. The Kier molecular flexibility index (Phi) is 63.4. The summed E-state index contributed by atoms with van der Waals surface area (Å²) in [5.74, 6) is 3.17. The van der Waals surface area contributed by atoms with Gasteiger partial charge < -0.3 is 35.1 Å². The van der Waals surface area contributed by atoms with Crippen molar-refractivity contribution in [1.29, 1.82) is 0 Å². The SMILES string of the molecule is CC1(C)CCC(CCCN)C1.CCCCC(CC)COC(=O)CCS.CCCCC(CC)COC(=O)CCS(=O)(=O)c1ccc(C)c(Cl)n1.CCCCC(CC)COC(=O)CCSc1ccc(C)c(Cl)n1.Cc1ccc(I)nc1Cl.Cc1ccc(S(N)(=O)=O)nc1Cl.Cc1ccc(S(N)(=O)=O)nc1NCCCC1CCC(C)(C)C1.Cc1cccnc1Cl.O=C(O)c1ccc(-n2ccc(OCCC3(C(F)(F)F)CC3)n2)nc1Cl. The third kappa shape index (κ3) is 54.7. The number of carboxylic acid groups (broad SMARTS) is 1. The second-order valence-corrected chi connectivity index (χ2v) is 48.2. The van der Waals surface area contributed by atoms with Crippen molar-refractivity contribution < 1.29 is 81.7 Å². The Morgan fingerprint density at radius 3 is 1.43 bits per heavy atom. The van der Waals surface area contributed by atoms with Crippen LogP contribution in [0.5, 0.6) is 5.88 Å². The maximum absolute atomic E-state index is 12.8. The number of nitrogens with zero attached hydrogens (tertiary/aromatic N) is 9. The molecule has 8 aromatic heterocycles. The number of carbonyl (C=O) groups is 4. The number of hydrogen-bond donors (Lipinski definition) is 6. The second kappa shape index (κ2) is 69.2. The molecule has 0 radical (unpaired) electrons. The van der Waals surface area contributed by atoms with Gasteiger partial charge in [-0.15, -0.1) is 16.9 Å². The Morgan fingerprint density at radius 2 is 1.01 bits per heavy atom. The number of aromatic nitrogens is 9. The van der Waals surface area contributed by atoms with Gasteiger partial charge in [0.05, 0.1) is 67.4 Å². The lowest BCUT2D eigenvalue weighted by Crippen LogP contribution is -2.26. The number of anilines is 1. The fraction of sp³-hybridized carbons (Fsp3) is 0.596. The normalized spacial score (nSPS) is 15.2. The van der Waals surface area contributed by atoms with E-state index in [1.807, 2.05) is 64.1 Å². The van der Waals surface area contributed by atoms with Crippen LogP contribution in [0.2, 0.25) is 30.9 Å². The average Bonchev–Trinajstić information content (AvgIpc) is 1.61. The second-order valence-electron chi connectivity index (χ2n) is 38.3. The number of alkyl halides is 3. The van der Waals surface area contributed by atoms with Crippen molar-refractivity contribution in [2.45, 2.75) is 317 Å². The van der Waals surface area contributed by atoms with Gasteiger partial charge in [0.1, 0.15) is 40.4 Å². The molecule has 0 bridgehead atoms. The molecule has 8 N–H and O–H groups in total. The van der Waals surface area contributed by atoms with Crippen LogP contribution in [0.15, 0.2) is 123 Å². The number of carboxylic acids is 1. The van der Waals surface area contributed by atoms with Crippen molar-refractivity contribution in [2.75, 3.05) is 62.1 Å². The number of sulfone groups is 1. The summed E-state index contributed by atoms with van der Waals surface area (Å²) < 4.78 is 130. The van der Waals surface area contributed by atoms with Crippen LogP contribution >= 0.6 is 117 Å². The Balaban J connectivity index is 0.000000435. The first-order chi connectivity index (χ1) is 69.0. The predicted octanol–water partition coefficient (Wildman–Crippen LogP) is 27.0. The number of thioether (sulfide) groups is 1. The molecule has 0 spiro atoms. The zero-order chi connectivity index (χ0) is 110. The number of primary sulfonamides is 2. The molecular weight excluding hydrogens is 2230 g/mol. The number of rotatable bonds is 44. The molecule has 147 heavy (non-hydrogen) atoms. The van der Waals surface area contributed by atoms with E-state index in [1.54, 1.807) is 38.2 Å². The fourth-order valence-electron chi connectivity index (χ4n) is 14.9. The first kappa shape index (κ1) is 135. The molecule has 3 fully saturated rings. The number of hydrogen-bond acceptors (Lipinski definition) is 26. The van der Waals surface area contributed by atoms with Gasteiger partial charge in [0.25, 0.3) is 20.0 Å². The van der Waals surface area contributed by atoms with Crippen molar-refractivity contribution in [1.82, 2.24) is 44.7 Å². The van der Waals surface area contributed by atoms with Gasteiger partial charge in [0.15, 0.2) is 30.7 Å².